The number of nitrogens with one attached hydrogen (secondary N) is 2. The van der Waals surface area contributed by atoms with E-state index >= 15 is 0 Å². The van der Waals surface area contributed by atoms with Crippen molar-refractivity contribution >= 4 is 17.3 Å². The van der Waals surface area contributed by atoms with Gasteiger partial charge in [0.2, 0.25) is 5.91 Å². The summed E-state index contributed by atoms with van der Waals surface area (Å²) in [7, 11) is 0. The van der Waals surface area contributed by atoms with Crippen molar-refractivity contribution in [1.29, 1.82) is 0 Å². The average Bonchev–Trinajstić information content (AvgIpc) is 2.43. The van der Waals surface area contributed by atoms with Gasteiger partial charge in [-0.3, -0.25) is 4.79 Å². The molecule has 2 aromatic carbocycles. The zero-order chi connectivity index (χ0) is 15.4. The largest absolute Gasteiger partial charge is 0.381 e. The first-order valence-corrected chi connectivity index (χ1v) is 6.20. The summed E-state index contributed by atoms with van der Waals surface area (Å²) in [6.45, 7) is 1.72. The summed E-state index contributed by atoms with van der Waals surface area (Å²) in [5.74, 6) is -4.13. The van der Waals surface area contributed by atoms with Crippen LogP contribution in [0.5, 0.6) is 0 Å². The number of hydrogen-bond donors (Lipinski definition) is 2. The number of carbonyl (C=O) groups excluding carboxylic acids is 1. The Labute approximate surface area is 119 Å². The van der Waals surface area contributed by atoms with Gasteiger partial charge in [-0.2, -0.15) is 0 Å². The quantitative estimate of drug-likeness (QED) is 0.845. The molecule has 2 aromatic rings. The molecule has 0 unspecified atom stereocenters. The Bertz CT molecular complexity index is 633. The predicted molar refractivity (Wildman–Crippen MR) is 74.4 cm³/mol. The van der Waals surface area contributed by atoms with E-state index in [4.69, 9.17) is 0 Å². The van der Waals surface area contributed by atoms with E-state index in [1.54, 1.807) is 24.3 Å². The van der Waals surface area contributed by atoms with E-state index in [0.29, 0.717) is 12.2 Å². The van der Waals surface area contributed by atoms with Crippen LogP contribution in [0.25, 0.3) is 0 Å². The molecule has 0 spiro atoms. The lowest BCUT2D eigenvalue weighted by Gasteiger charge is -2.08. The van der Waals surface area contributed by atoms with Gasteiger partial charge in [-0.15, -0.1) is 0 Å². The normalized spacial score (nSPS) is 10.3. The third-order valence-electron chi connectivity index (χ3n) is 2.75. The summed E-state index contributed by atoms with van der Waals surface area (Å²) >= 11 is 0. The van der Waals surface area contributed by atoms with Crippen LogP contribution >= 0.6 is 0 Å². The third kappa shape index (κ3) is 3.98. The minimum absolute atomic E-state index is 0.150. The highest BCUT2D eigenvalue weighted by Crippen LogP contribution is 2.18. The maximum atomic E-state index is 13.0. The fourth-order valence-corrected chi connectivity index (χ4v) is 1.77. The molecule has 21 heavy (non-hydrogen) atoms. The van der Waals surface area contributed by atoms with E-state index in [2.05, 4.69) is 10.6 Å². The molecular weight excluding hydrogens is 281 g/mol. The van der Waals surface area contributed by atoms with Gasteiger partial charge < -0.3 is 10.6 Å². The van der Waals surface area contributed by atoms with Gasteiger partial charge in [0.25, 0.3) is 0 Å². The highest BCUT2D eigenvalue weighted by Gasteiger charge is 2.10. The Morgan fingerprint density at radius 2 is 1.57 bits per heavy atom. The Kier molecular flexibility index (Phi) is 4.47. The Morgan fingerprint density at radius 1 is 1.00 bits per heavy atom. The summed E-state index contributed by atoms with van der Waals surface area (Å²) in [5.41, 5.74) is 1.65. The molecule has 110 valence electrons. The van der Waals surface area contributed by atoms with Crippen molar-refractivity contribution in [3.8, 4) is 0 Å². The average molecular weight is 294 g/mol. The first-order chi connectivity index (χ1) is 9.95. The van der Waals surface area contributed by atoms with E-state index < -0.39 is 17.5 Å². The van der Waals surface area contributed by atoms with E-state index in [0.717, 1.165) is 17.7 Å². The van der Waals surface area contributed by atoms with Crippen LogP contribution in [0.1, 0.15) is 12.5 Å². The van der Waals surface area contributed by atoms with Crippen LogP contribution in [0.15, 0.2) is 36.4 Å². The molecule has 0 aliphatic heterocycles. The highest BCUT2D eigenvalue weighted by atomic mass is 19.2. The van der Waals surface area contributed by atoms with E-state index in [1.807, 2.05) is 0 Å². The second-order valence-corrected chi connectivity index (χ2v) is 4.49. The molecule has 0 saturated carbocycles. The first kappa shape index (κ1) is 14.9. The van der Waals surface area contributed by atoms with Gasteiger partial charge in [0.05, 0.1) is 0 Å². The standard InChI is InChI=1S/C15H13F3N2O/c1-9(21)20-11-4-2-10(3-5-11)8-19-12-6-13(16)15(18)14(17)7-12/h2-7,19H,8H2,1H3,(H,20,21). The molecule has 3 nitrogen and oxygen atoms in total. The maximum Gasteiger partial charge on any atom is 0.221 e. The molecular formula is C15H13F3N2O. The van der Waals surface area contributed by atoms with Gasteiger partial charge in [0.1, 0.15) is 0 Å². The molecule has 2 rings (SSSR count). The summed E-state index contributed by atoms with van der Waals surface area (Å²) in [6, 6.07) is 8.73. The van der Waals surface area contributed by atoms with Gasteiger partial charge in [0.15, 0.2) is 17.5 Å². The number of carbonyl (C=O) groups is 1. The molecule has 0 aliphatic rings. The number of halogens is 3. The van der Waals surface area contributed by atoms with E-state index in [1.165, 1.54) is 6.92 Å². The number of anilines is 2. The zero-order valence-electron chi connectivity index (χ0n) is 11.2. The highest BCUT2D eigenvalue weighted by molar-refractivity contribution is 5.88. The Balaban J connectivity index is 2.01. The summed E-state index contributed by atoms with van der Waals surface area (Å²) in [5, 5.41) is 5.42. The molecule has 1 amide bonds. The van der Waals surface area contributed by atoms with Crippen LogP contribution in [0.2, 0.25) is 0 Å². The molecule has 0 bridgehead atoms. The molecule has 0 heterocycles. The van der Waals surface area contributed by atoms with Crippen molar-refractivity contribution in [1.82, 2.24) is 0 Å². The lowest BCUT2D eigenvalue weighted by molar-refractivity contribution is -0.114. The van der Waals surface area contributed by atoms with Crippen LogP contribution in [-0.4, -0.2) is 5.91 Å². The molecule has 0 aromatic heterocycles. The van der Waals surface area contributed by atoms with E-state index in [9.17, 15) is 18.0 Å². The van der Waals surface area contributed by atoms with Crippen molar-refractivity contribution in [2.45, 2.75) is 13.5 Å². The minimum Gasteiger partial charge on any atom is -0.381 e. The van der Waals surface area contributed by atoms with Crippen LogP contribution in [0.3, 0.4) is 0 Å². The number of hydrogen-bond acceptors (Lipinski definition) is 2. The fourth-order valence-electron chi connectivity index (χ4n) is 1.77. The molecule has 0 radical (unpaired) electrons. The predicted octanol–water partition coefficient (Wildman–Crippen LogP) is 3.67. The number of rotatable bonds is 4. The topological polar surface area (TPSA) is 41.1 Å². The molecule has 0 fully saturated rings. The SMILES string of the molecule is CC(=O)Nc1ccc(CNc2cc(F)c(F)c(F)c2)cc1. The number of amides is 1. The first-order valence-electron chi connectivity index (χ1n) is 6.20. The van der Waals surface area contributed by atoms with Crippen molar-refractivity contribution in [2.24, 2.45) is 0 Å². The Morgan fingerprint density at radius 3 is 2.10 bits per heavy atom. The van der Waals surface area contributed by atoms with Gasteiger partial charge >= 0.3 is 0 Å². The van der Waals surface area contributed by atoms with Gasteiger partial charge in [-0.05, 0) is 17.7 Å². The molecule has 2 N–H and O–H groups in total. The van der Waals surface area contributed by atoms with Crippen LogP contribution in [0, 0.1) is 17.5 Å². The van der Waals surface area contributed by atoms with Gasteiger partial charge in [0, 0.05) is 37.0 Å². The van der Waals surface area contributed by atoms with Crippen LogP contribution in [0.4, 0.5) is 24.5 Å². The molecule has 6 heteroatoms. The number of benzene rings is 2. The van der Waals surface area contributed by atoms with Crippen LogP contribution in [-0.2, 0) is 11.3 Å². The summed E-state index contributed by atoms with van der Waals surface area (Å²) in [6.07, 6.45) is 0. The zero-order valence-corrected chi connectivity index (χ0v) is 11.2. The Hall–Kier alpha value is -2.50. The van der Waals surface area contributed by atoms with E-state index in [-0.39, 0.29) is 11.6 Å². The second-order valence-electron chi connectivity index (χ2n) is 4.49. The maximum absolute atomic E-state index is 13.0. The smallest absolute Gasteiger partial charge is 0.221 e. The molecule has 0 saturated heterocycles. The fraction of sp³-hybridized carbons (Fsp3) is 0.133. The molecule has 0 aliphatic carbocycles. The summed E-state index contributed by atoms with van der Waals surface area (Å²) < 4.78 is 38.9. The lowest BCUT2D eigenvalue weighted by atomic mass is 10.2. The third-order valence-corrected chi connectivity index (χ3v) is 2.75. The minimum atomic E-state index is -1.49. The van der Waals surface area contributed by atoms with Crippen molar-refractivity contribution in [3.63, 3.8) is 0 Å². The van der Waals surface area contributed by atoms with Gasteiger partial charge in [-0.1, -0.05) is 12.1 Å². The van der Waals surface area contributed by atoms with Crippen molar-refractivity contribution in [2.75, 3.05) is 10.6 Å². The monoisotopic (exact) mass is 294 g/mol. The van der Waals surface area contributed by atoms with Crippen LogP contribution < -0.4 is 10.6 Å². The van der Waals surface area contributed by atoms with Crippen molar-refractivity contribution < 1.29 is 18.0 Å². The second kappa shape index (κ2) is 6.30. The summed E-state index contributed by atoms with van der Waals surface area (Å²) in [4.78, 5) is 10.9. The lowest BCUT2D eigenvalue weighted by Crippen LogP contribution is -2.06. The van der Waals surface area contributed by atoms with Crippen molar-refractivity contribution in [3.05, 3.63) is 59.4 Å². The van der Waals surface area contributed by atoms with Gasteiger partial charge in [-0.25, -0.2) is 13.2 Å². The molecule has 0 atom stereocenters.